The van der Waals surface area contributed by atoms with Crippen LogP contribution >= 0.6 is 8.53 Å². The van der Waals surface area contributed by atoms with Gasteiger partial charge in [-0.2, -0.15) is 0 Å². The minimum absolute atomic E-state index is 0.125. The van der Waals surface area contributed by atoms with Gasteiger partial charge in [-0.05, 0) is 20.9 Å². The molecule has 0 bridgehead atoms. The van der Waals surface area contributed by atoms with E-state index >= 15 is 0 Å². The molecule has 2 rings (SSSR count). The summed E-state index contributed by atoms with van der Waals surface area (Å²) in [6.07, 6.45) is 0. The maximum absolute atomic E-state index is 11.2. The largest absolute Gasteiger partial charge is 0.374 e. The zero-order valence-corrected chi connectivity index (χ0v) is 11.5. The molecule has 0 amide bonds. The Kier molecular flexibility index (Phi) is 3.87. The van der Waals surface area contributed by atoms with Crippen molar-refractivity contribution in [3.05, 3.63) is 10.1 Å². The number of rotatable bonds is 4. The first-order valence-electron chi connectivity index (χ1n) is 5.60. The van der Waals surface area contributed by atoms with Crippen LogP contribution in [0.2, 0.25) is 0 Å². The lowest BCUT2D eigenvalue weighted by atomic mass is 10.3. The van der Waals surface area contributed by atoms with Crippen LogP contribution in [0.15, 0.2) is 0 Å². The van der Waals surface area contributed by atoms with Crippen LogP contribution in [0.4, 0.5) is 0 Å². The van der Waals surface area contributed by atoms with Gasteiger partial charge in [0, 0.05) is 6.54 Å². The molecule has 0 aromatic heterocycles. The van der Waals surface area contributed by atoms with Gasteiger partial charge in [-0.1, -0.05) is 0 Å². The molecule has 2 aliphatic rings. The summed E-state index contributed by atoms with van der Waals surface area (Å²) in [5.41, 5.74) is -1.64. The van der Waals surface area contributed by atoms with Crippen LogP contribution < -0.4 is 0 Å². The van der Waals surface area contributed by atoms with E-state index in [9.17, 15) is 10.1 Å². The van der Waals surface area contributed by atoms with E-state index in [2.05, 4.69) is 0 Å². The molecule has 0 aromatic carbocycles. The van der Waals surface area contributed by atoms with Crippen LogP contribution in [0.25, 0.3) is 0 Å². The topological polar surface area (TPSA) is 83.3 Å². The Hall–Kier alpha value is -0.370. The van der Waals surface area contributed by atoms with Crippen molar-refractivity contribution >= 4 is 8.53 Å². The van der Waals surface area contributed by atoms with Gasteiger partial charge in [0.1, 0.15) is 0 Å². The van der Waals surface area contributed by atoms with Crippen molar-refractivity contribution in [2.24, 2.45) is 0 Å². The second kappa shape index (κ2) is 4.96. The molecule has 0 saturated carbocycles. The Morgan fingerprint density at radius 2 is 2.28 bits per heavy atom. The van der Waals surface area contributed by atoms with Gasteiger partial charge in [0.25, 0.3) is 8.53 Å². The summed E-state index contributed by atoms with van der Waals surface area (Å²) in [4.78, 5) is 10.7. The van der Waals surface area contributed by atoms with Crippen LogP contribution in [0, 0.1) is 10.1 Å². The highest BCUT2D eigenvalue weighted by Gasteiger charge is 2.57. The highest BCUT2D eigenvalue weighted by Crippen LogP contribution is 2.46. The predicted molar refractivity (Wildman–Crippen MR) is 62.3 cm³/mol. The van der Waals surface area contributed by atoms with Gasteiger partial charge in [0.2, 0.25) is 0 Å². The molecule has 0 aliphatic carbocycles. The van der Waals surface area contributed by atoms with Crippen molar-refractivity contribution in [2.45, 2.75) is 25.4 Å². The van der Waals surface area contributed by atoms with Gasteiger partial charge >= 0.3 is 5.72 Å². The Morgan fingerprint density at radius 3 is 2.72 bits per heavy atom. The van der Waals surface area contributed by atoms with Gasteiger partial charge in [-0.3, -0.25) is 14.9 Å². The van der Waals surface area contributed by atoms with Gasteiger partial charge in [0.15, 0.2) is 19.0 Å². The summed E-state index contributed by atoms with van der Waals surface area (Å²) in [7, 11) is 0.638. The minimum atomic E-state index is -1.64. The summed E-state index contributed by atoms with van der Waals surface area (Å²) >= 11 is 0. The molecule has 0 spiro atoms. The van der Waals surface area contributed by atoms with Crippen molar-refractivity contribution in [1.82, 2.24) is 4.67 Å². The average Bonchev–Trinajstić information content (AvgIpc) is 2.80. The first kappa shape index (κ1) is 14.0. The molecule has 104 valence electrons. The summed E-state index contributed by atoms with van der Waals surface area (Å²) in [6, 6.07) is 0. The molecule has 2 saturated heterocycles. The van der Waals surface area contributed by atoms with Crippen LogP contribution in [-0.4, -0.2) is 54.5 Å². The molecule has 0 aromatic rings. The molecule has 9 heteroatoms. The van der Waals surface area contributed by atoms with Gasteiger partial charge in [0.05, 0.1) is 11.5 Å². The lowest BCUT2D eigenvalue weighted by Gasteiger charge is -2.23. The first-order chi connectivity index (χ1) is 8.35. The van der Waals surface area contributed by atoms with E-state index in [1.807, 2.05) is 11.7 Å². The molecular formula is C9H17N2O6P. The molecule has 2 aliphatic heterocycles. The Morgan fingerprint density at radius 1 is 1.56 bits per heavy atom. The van der Waals surface area contributed by atoms with Gasteiger partial charge < -0.3 is 13.8 Å². The number of hydrogen-bond acceptors (Lipinski definition) is 7. The monoisotopic (exact) mass is 280 g/mol. The molecule has 2 heterocycles. The van der Waals surface area contributed by atoms with Crippen molar-refractivity contribution in [1.29, 1.82) is 0 Å². The fraction of sp³-hybridized carbons (Fsp3) is 1.00. The van der Waals surface area contributed by atoms with E-state index in [1.54, 1.807) is 13.8 Å². The number of ether oxygens (including phenoxy) is 2. The highest BCUT2D eigenvalue weighted by atomic mass is 31.2. The van der Waals surface area contributed by atoms with E-state index in [4.69, 9.17) is 18.5 Å². The molecule has 2 atom stereocenters. The fourth-order valence-electron chi connectivity index (χ4n) is 1.74. The summed E-state index contributed by atoms with van der Waals surface area (Å²) in [5, 5.41) is 11.2. The average molecular weight is 280 g/mol. The molecule has 18 heavy (non-hydrogen) atoms. The van der Waals surface area contributed by atoms with Gasteiger partial charge in [-0.15, -0.1) is 0 Å². The second-order valence-electron chi connectivity index (χ2n) is 4.72. The van der Waals surface area contributed by atoms with E-state index in [-0.39, 0.29) is 13.2 Å². The molecule has 0 N–H and O–H groups in total. The van der Waals surface area contributed by atoms with E-state index in [0.29, 0.717) is 6.61 Å². The maximum atomic E-state index is 11.2. The molecule has 0 radical (unpaired) electrons. The van der Waals surface area contributed by atoms with E-state index in [0.717, 1.165) is 6.54 Å². The third-order valence-electron chi connectivity index (χ3n) is 2.71. The Bertz CT molecular complexity index is 341. The van der Waals surface area contributed by atoms with Crippen molar-refractivity contribution in [3.63, 3.8) is 0 Å². The number of likely N-dealkylation sites (N-methyl/N-ethyl adjacent to an activating group) is 1. The predicted octanol–water partition coefficient (Wildman–Crippen LogP) is 0.948. The van der Waals surface area contributed by atoms with Crippen LogP contribution in [0.5, 0.6) is 0 Å². The third kappa shape index (κ3) is 2.79. The van der Waals surface area contributed by atoms with Crippen molar-refractivity contribution in [2.75, 3.05) is 33.4 Å². The highest BCUT2D eigenvalue weighted by molar-refractivity contribution is 7.44. The number of nitro groups is 1. The third-order valence-corrected chi connectivity index (χ3v) is 4.22. The van der Waals surface area contributed by atoms with E-state index in [1.165, 1.54) is 0 Å². The molecule has 8 nitrogen and oxygen atoms in total. The fourth-order valence-corrected chi connectivity index (χ4v) is 3.00. The van der Waals surface area contributed by atoms with Crippen molar-refractivity contribution < 1.29 is 23.4 Å². The SMILES string of the molecule is CN1CCOP1OCC1([N+](=O)[O-])COC(C)(C)O1. The van der Waals surface area contributed by atoms with Crippen LogP contribution in [0.3, 0.4) is 0 Å². The minimum Gasteiger partial charge on any atom is -0.340 e. The summed E-state index contributed by atoms with van der Waals surface area (Å²) in [6.45, 7) is 4.32. The Labute approximate surface area is 106 Å². The summed E-state index contributed by atoms with van der Waals surface area (Å²) in [5.74, 6) is -0.966. The zero-order chi connectivity index (χ0) is 13.4. The second-order valence-corrected chi connectivity index (χ2v) is 6.39. The molecule has 2 fully saturated rings. The standard InChI is InChI=1S/C9H17N2O6P/c1-8(2)14-6-9(17-8,11(12)13)7-16-18-10(3)4-5-15-18/h4-7H2,1-3H3. The lowest BCUT2D eigenvalue weighted by molar-refractivity contribution is -0.626. The maximum Gasteiger partial charge on any atom is 0.374 e. The normalized spacial score (nSPS) is 36.1. The van der Waals surface area contributed by atoms with E-state index < -0.39 is 25.0 Å². The molecular weight excluding hydrogens is 263 g/mol. The van der Waals surface area contributed by atoms with Gasteiger partial charge in [-0.25, -0.2) is 4.67 Å². The quantitative estimate of drug-likeness (QED) is 0.430. The molecule has 2 unspecified atom stereocenters. The number of hydrogen-bond donors (Lipinski definition) is 0. The van der Waals surface area contributed by atoms with Crippen molar-refractivity contribution in [3.8, 4) is 0 Å². The lowest BCUT2D eigenvalue weighted by Crippen LogP contribution is -2.46. The first-order valence-corrected chi connectivity index (χ1v) is 6.73. The Balaban J connectivity index is 1.97. The number of nitrogens with zero attached hydrogens (tertiary/aromatic N) is 2. The van der Waals surface area contributed by atoms with Crippen LogP contribution in [-0.2, 0) is 18.5 Å². The zero-order valence-electron chi connectivity index (χ0n) is 10.6. The van der Waals surface area contributed by atoms with Crippen LogP contribution in [0.1, 0.15) is 13.8 Å². The smallest absolute Gasteiger partial charge is 0.340 e. The summed E-state index contributed by atoms with van der Waals surface area (Å²) < 4.78 is 23.4.